The van der Waals surface area contributed by atoms with Crippen molar-refractivity contribution in [2.45, 2.75) is 89.4 Å². The maximum Gasteiger partial charge on any atom is 0.309 e. The van der Waals surface area contributed by atoms with Gasteiger partial charge >= 0.3 is 5.97 Å². The number of hydrogen-bond donors (Lipinski definition) is 3. The smallest absolute Gasteiger partial charge is 0.309 e. The molecule has 2 fully saturated rings. The van der Waals surface area contributed by atoms with E-state index in [1.54, 1.807) is 13.1 Å². The molecule has 3 aromatic heterocycles. The van der Waals surface area contributed by atoms with Crippen molar-refractivity contribution in [3.05, 3.63) is 65.6 Å². The monoisotopic (exact) mass is 579 g/mol. The summed E-state index contributed by atoms with van der Waals surface area (Å²) in [6.45, 7) is 3.71. The van der Waals surface area contributed by atoms with Gasteiger partial charge in [-0.25, -0.2) is 18.7 Å². The van der Waals surface area contributed by atoms with E-state index in [0.29, 0.717) is 42.9 Å². The van der Waals surface area contributed by atoms with Crippen LogP contribution in [0.4, 0.5) is 20.4 Å². The van der Waals surface area contributed by atoms with Gasteiger partial charge in [0.15, 0.2) is 0 Å². The third-order valence-electron chi connectivity index (χ3n) is 8.70. The second-order valence-corrected chi connectivity index (χ2v) is 11.9. The molecule has 2 aliphatic rings. The summed E-state index contributed by atoms with van der Waals surface area (Å²) in [6, 6.07) is 10.2. The third kappa shape index (κ3) is 7.10. The Hall–Kier alpha value is -3.50. The number of hydrogen-bond acceptors (Lipinski definition) is 8. The molecule has 0 saturated heterocycles. The minimum Gasteiger partial charge on any atom is -0.462 e. The van der Waals surface area contributed by atoms with Crippen LogP contribution in [0.2, 0.25) is 0 Å². The Morgan fingerprint density at radius 3 is 2.43 bits per heavy atom. The lowest BCUT2D eigenvalue weighted by atomic mass is 9.73. The zero-order chi connectivity index (χ0) is 29.9. The highest BCUT2D eigenvalue weighted by Crippen LogP contribution is 2.41. The third-order valence-corrected chi connectivity index (χ3v) is 8.70. The van der Waals surface area contributed by atoms with Crippen molar-refractivity contribution in [2.75, 3.05) is 5.32 Å². The van der Waals surface area contributed by atoms with E-state index in [0.717, 1.165) is 36.8 Å². The summed E-state index contributed by atoms with van der Waals surface area (Å²) in [6.07, 6.45) is 6.65. The fraction of sp³-hybridized carbons (Fsp3) is 0.500. The van der Waals surface area contributed by atoms with Crippen molar-refractivity contribution < 1.29 is 23.4 Å². The SMILES string of the molecule is Cc1cc(Nc2cc(C(F)F)ccn2)nc(-c2ccc([C@](C)(O)C3CCC(C(=O)OC4CCC(N)CC4)CC3)nc2)c1. The molecule has 1 atom stereocenters. The van der Waals surface area contributed by atoms with Crippen molar-refractivity contribution in [3.8, 4) is 11.3 Å². The van der Waals surface area contributed by atoms with Crippen LogP contribution in [-0.2, 0) is 15.1 Å². The number of rotatable bonds is 8. The molecular formula is C32H39F2N5O3. The minimum absolute atomic E-state index is 0.0241. The normalized spacial score (nSPS) is 24.2. The van der Waals surface area contributed by atoms with Crippen molar-refractivity contribution in [2.24, 2.45) is 17.6 Å². The van der Waals surface area contributed by atoms with E-state index in [2.05, 4.69) is 20.3 Å². The molecule has 3 aromatic rings. The molecule has 0 amide bonds. The number of nitrogens with one attached hydrogen (secondary N) is 1. The van der Waals surface area contributed by atoms with Gasteiger partial charge in [-0.3, -0.25) is 9.78 Å². The first-order chi connectivity index (χ1) is 20.1. The van der Waals surface area contributed by atoms with Gasteiger partial charge in [0.1, 0.15) is 23.3 Å². The number of anilines is 2. The number of ether oxygens (including phenoxy) is 1. The molecule has 224 valence electrons. The molecule has 0 bridgehead atoms. The Morgan fingerprint density at radius 2 is 1.76 bits per heavy atom. The van der Waals surface area contributed by atoms with Gasteiger partial charge in [0.2, 0.25) is 0 Å². The Labute approximate surface area is 245 Å². The highest BCUT2D eigenvalue weighted by molar-refractivity contribution is 5.72. The van der Waals surface area contributed by atoms with Gasteiger partial charge in [0.05, 0.1) is 17.3 Å². The highest BCUT2D eigenvalue weighted by Gasteiger charge is 2.39. The largest absolute Gasteiger partial charge is 0.462 e. The molecule has 4 N–H and O–H groups in total. The first-order valence-corrected chi connectivity index (χ1v) is 14.7. The maximum atomic E-state index is 13.1. The fourth-order valence-electron chi connectivity index (χ4n) is 6.07. The molecule has 2 saturated carbocycles. The van der Waals surface area contributed by atoms with Crippen LogP contribution in [0.1, 0.15) is 81.5 Å². The number of nitrogens with zero attached hydrogens (tertiary/aromatic N) is 3. The Morgan fingerprint density at radius 1 is 1.02 bits per heavy atom. The molecule has 0 aliphatic heterocycles. The van der Waals surface area contributed by atoms with Crippen molar-refractivity contribution in [1.29, 1.82) is 0 Å². The van der Waals surface area contributed by atoms with Gasteiger partial charge in [-0.2, -0.15) is 0 Å². The summed E-state index contributed by atoms with van der Waals surface area (Å²) in [5, 5.41) is 14.5. The Bertz CT molecular complexity index is 1370. The number of esters is 1. The summed E-state index contributed by atoms with van der Waals surface area (Å²) >= 11 is 0. The molecule has 0 radical (unpaired) electrons. The molecule has 0 aromatic carbocycles. The van der Waals surface area contributed by atoms with E-state index >= 15 is 0 Å². The van der Waals surface area contributed by atoms with Crippen LogP contribution in [0, 0.1) is 18.8 Å². The number of nitrogens with two attached hydrogens (primary N) is 1. The predicted molar refractivity (Wildman–Crippen MR) is 156 cm³/mol. The number of carbonyl (C=O) groups excluding carboxylic acids is 1. The van der Waals surface area contributed by atoms with Gasteiger partial charge in [0, 0.05) is 29.6 Å². The lowest BCUT2D eigenvalue weighted by Crippen LogP contribution is -2.38. The van der Waals surface area contributed by atoms with Gasteiger partial charge in [0.25, 0.3) is 6.43 Å². The topological polar surface area (TPSA) is 123 Å². The first-order valence-electron chi connectivity index (χ1n) is 14.7. The van der Waals surface area contributed by atoms with E-state index in [1.165, 1.54) is 18.3 Å². The second kappa shape index (κ2) is 12.8. The van der Waals surface area contributed by atoms with E-state index in [9.17, 15) is 18.7 Å². The van der Waals surface area contributed by atoms with Gasteiger partial charge in [-0.15, -0.1) is 0 Å². The van der Waals surface area contributed by atoms with Crippen molar-refractivity contribution in [1.82, 2.24) is 15.0 Å². The van der Waals surface area contributed by atoms with Gasteiger partial charge < -0.3 is 20.9 Å². The van der Waals surface area contributed by atoms with Gasteiger partial charge in [-0.05, 0) is 113 Å². The number of halogens is 2. The Balaban J connectivity index is 1.21. The van der Waals surface area contributed by atoms with Gasteiger partial charge in [-0.1, -0.05) is 0 Å². The van der Waals surface area contributed by atoms with Crippen LogP contribution >= 0.6 is 0 Å². The minimum atomic E-state index is -2.59. The molecule has 10 heteroatoms. The molecular weight excluding hydrogens is 540 g/mol. The number of alkyl halides is 2. The molecule has 0 unspecified atom stereocenters. The molecule has 3 heterocycles. The Kier molecular flexibility index (Phi) is 9.13. The van der Waals surface area contributed by atoms with E-state index in [-0.39, 0.29) is 41.3 Å². The zero-order valence-corrected chi connectivity index (χ0v) is 24.1. The summed E-state index contributed by atoms with van der Waals surface area (Å²) < 4.78 is 32.0. The average Bonchev–Trinajstić information content (AvgIpc) is 2.98. The quantitative estimate of drug-likeness (QED) is 0.264. The van der Waals surface area contributed by atoms with Crippen LogP contribution in [0.15, 0.2) is 48.8 Å². The number of pyridine rings is 3. The van der Waals surface area contributed by atoms with Crippen LogP contribution in [0.3, 0.4) is 0 Å². The molecule has 0 spiro atoms. The molecule has 42 heavy (non-hydrogen) atoms. The maximum absolute atomic E-state index is 13.1. The summed E-state index contributed by atoms with van der Waals surface area (Å²) in [5.41, 5.74) is 7.59. The summed E-state index contributed by atoms with van der Waals surface area (Å²) in [7, 11) is 0. The molecule has 8 nitrogen and oxygen atoms in total. The molecule has 5 rings (SSSR count). The van der Waals surface area contributed by atoms with Crippen LogP contribution in [0.5, 0.6) is 0 Å². The van der Waals surface area contributed by atoms with Crippen molar-refractivity contribution >= 4 is 17.6 Å². The van der Waals surface area contributed by atoms with E-state index in [1.807, 2.05) is 31.2 Å². The lowest BCUT2D eigenvalue weighted by Gasteiger charge is -2.37. The summed E-state index contributed by atoms with van der Waals surface area (Å²) in [5.74, 6) is 0.474. The molecule has 2 aliphatic carbocycles. The van der Waals surface area contributed by atoms with Crippen LogP contribution < -0.4 is 11.1 Å². The predicted octanol–water partition coefficient (Wildman–Crippen LogP) is 6.36. The lowest BCUT2D eigenvalue weighted by molar-refractivity contribution is -0.158. The standard InChI is InChI=1S/C32H39F2N5O3/c1-19-15-26(38-29(16-19)39-28-17-21(30(33)34)13-14-36-28)22-5-12-27(37-18-22)32(2,41)23-6-3-20(4-7-23)31(40)42-25-10-8-24(35)9-11-25/h5,12-18,20,23-25,30,41H,3-4,6-11,35H2,1-2H3,(H,36,38,39)/t20?,23?,24?,25?,32-/m1/s1. The fourth-order valence-corrected chi connectivity index (χ4v) is 6.07. The highest BCUT2D eigenvalue weighted by atomic mass is 19.3. The number of aryl methyl sites for hydroxylation is 1. The number of aliphatic hydroxyl groups is 1. The van der Waals surface area contributed by atoms with E-state index in [4.69, 9.17) is 10.5 Å². The average molecular weight is 580 g/mol. The zero-order valence-electron chi connectivity index (χ0n) is 24.1. The van der Waals surface area contributed by atoms with E-state index < -0.39 is 12.0 Å². The number of carbonyl (C=O) groups is 1. The van der Waals surface area contributed by atoms with Crippen molar-refractivity contribution in [3.63, 3.8) is 0 Å². The summed E-state index contributed by atoms with van der Waals surface area (Å²) in [4.78, 5) is 26.1. The second-order valence-electron chi connectivity index (χ2n) is 11.9. The van der Waals surface area contributed by atoms with Crippen LogP contribution in [0.25, 0.3) is 11.3 Å². The van der Waals surface area contributed by atoms with Crippen LogP contribution in [-0.4, -0.2) is 38.2 Å². The first kappa shape index (κ1) is 30.0. The number of aromatic nitrogens is 3.